The Balaban J connectivity index is 2.03. The summed E-state index contributed by atoms with van der Waals surface area (Å²) in [5, 5.41) is 3.74. The Labute approximate surface area is 121 Å². The SMILES string of the molecule is CCC1CNC(C(C)(C)C)CN1C1CCS(=O)CC1. The first-order valence-electron chi connectivity index (χ1n) is 7.76. The summed E-state index contributed by atoms with van der Waals surface area (Å²) < 4.78 is 11.5. The van der Waals surface area contributed by atoms with Crippen molar-refractivity contribution < 1.29 is 4.21 Å². The number of nitrogens with one attached hydrogen (secondary N) is 1. The molecule has 112 valence electrons. The molecule has 2 unspecified atom stereocenters. The van der Waals surface area contributed by atoms with E-state index in [1.165, 1.54) is 6.42 Å². The quantitative estimate of drug-likeness (QED) is 0.842. The summed E-state index contributed by atoms with van der Waals surface area (Å²) >= 11 is 0. The fraction of sp³-hybridized carbons (Fsp3) is 1.00. The lowest BCUT2D eigenvalue weighted by molar-refractivity contribution is 0.0440. The van der Waals surface area contributed by atoms with Crippen LogP contribution in [-0.2, 0) is 10.8 Å². The van der Waals surface area contributed by atoms with Gasteiger partial charge in [-0.15, -0.1) is 0 Å². The molecule has 1 N–H and O–H groups in total. The highest BCUT2D eigenvalue weighted by atomic mass is 32.2. The van der Waals surface area contributed by atoms with Crippen molar-refractivity contribution in [2.24, 2.45) is 5.41 Å². The van der Waals surface area contributed by atoms with Gasteiger partial charge in [0.25, 0.3) is 0 Å². The highest BCUT2D eigenvalue weighted by Crippen LogP contribution is 2.28. The topological polar surface area (TPSA) is 32.3 Å². The molecule has 0 aromatic heterocycles. The van der Waals surface area contributed by atoms with Gasteiger partial charge >= 0.3 is 0 Å². The Morgan fingerprint density at radius 3 is 2.42 bits per heavy atom. The molecule has 0 bridgehead atoms. The number of rotatable bonds is 2. The van der Waals surface area contributed by atoms with Crippen molar-refractivity contribution >= 4 is 10.8 Å². The van der Waals surface area contributed by atoms with Gasteiger partial charge in [-0.05, 0) is 24.7 Å². The molecule has 2 aliphatic heterocycles. The van der Waals surface area contributed by atoms with Crippen molar-refractivity contribution in [1.82, 2.24) is 10.2 Å². The molecule has 0 saturated carbocycles. The lowest BCUT2D eigenvalue weighted by Gasteiger charge is -2.48. The Bertz CT molecular complexity index is 317. The fourth-order valence-corrected chi connectivity index (χ4v) is 4.61. The summed E-state index contributed by atoms with van der Waals surface area (Å²) in [5.41, 5.74) is 0.314. The molecular weight excluding hydrogens is 256 g/mol. The van der Waals surface area contributed by atoms with Crippen molar-refractivity contribution in [1.29, 1.82) is 0 Å². The molecule has 2 fully saturated rings. The van der Waals surface area contributed by atoms with Gasteiger partial charge in [0.15, 0.2) is 0 Å². The van der Waals surface area contributed by atoms with Gasteiger partial charge in [0.1, 0.15) is 0 Å². The molecule has 2 heterocycles. The van der Waals surface area contributed by atoms with Crippen LogP contribution in [0.5, 0.6) is 0 Å². The molecular formula is C15H30N2OS. The minimum Gasteiger partial charge on any atom is -0.311 e. The van der Waals surface area contributed by atoms with Gasteiger partial charge in [-0.2, -0.15) is 0 Å². The van der Waals surface area contributed by atoms with Crippen LogP contribution >= 0.6 is 0 Å². The maximum absolute atomic E-state index is 11.5. The van der Waals surface area contributed by atoms with Crippen molar-refractivity contribution in [2.75, 3.05) is 24.6 Å². The molecule has 4 heteroatoms. The van der Waals surface area contributed by atoms with E-state index in [1.54, 1.807) is 0 Å². The van der Waals surface area contributed by atoms with Crippen molar-refractivity contribution in [2.45, 2.75) is 65.1 Å². The monoisotopic (exact) mass is 286 g/mol. The number of hydrogen-bond donors (Lipinski definition) is 1. The highest BCUT2D eigenvalue weighted by molar-refractivity contribution is 7.85. The fourth-order valence-electron chi connectivity index (χ4n) is 3.34. The summed E-state index contributed by atoms with van der Waals surface area (Å²) in [6.07, 6.45) is 3.46. The van der Waals surface area contributed by atoms with E-state index in [0.29, 0.717) is 23.5 Å². The van der Waals surface area contributed by atoms with Crippen molar-refractivity contribution in [3.8, 4) is 0 Å². The van der Waals surface area contributed by atoms with E-state index in [9.17, 15) is 4.21 Å². The average Bonchev–Trinajstić information content (AvgIpc) is 2.38. The first-order valence-corrected chi connectivity index (χ1v) is 9.24. The number of hydrogen-bond acceptors (Lipinski definition) is 3. The third kappa shape index (κ3) is 3.79. The van der Waals surface area contributed by atoms with E-state index in [4.69, 9.17) is 0 Å². The predicted molar refractivity (Wildman–Crippen MR) is 82.9 cm³/mol. The molecule has 2 atom stereocenters. The molecule has 0 aromatic carbocycles. The van der Waals surface area contributed by atoms with E-state index in [2.05, 4.69) is 37.9 Å². The van der Waals surface area contributed by atoms with Gasteiger partial charge < -0.3 is 5.32 Å². The molecule has 2 saturated heterocycles. The Morgan fingerprint density at radius 2 is 1.89 bits per heavy atom. The average molecular weight is 286 g/mol. The summed E-state index contributed by atoms with van der Waals surface area (Å²) in [7, 11) is -0.547. The third-order valence-corrected chi connectivity index (χ3v) is 6.19. The largest absolute Gasteiger partial charge is 0.311 e. The zero-order valence-electron chi connectivity index (χ0n) is 12.9. The molecule has 0 aliphatic carbocycles. The first-order chi connectivity index (χ1) is 8.91. The van der Waals surface area contributed by atoms with E-state index in [0.717, 1.165) is 37.4 Å². The highest BCUT2D eigenvalue weighted by Gasteiger charge is 2.37. The van der Waals surface area contributed by atoms with Crippen LogP contribution in [0.25, 0.3) is 0 Å². The van der Waals surface area contributed by atoms with Crippen LogP contribution in [-0.4, -0.2) is 51.8 Å². The van der Waals surface area contributed by atoms with Crippen LogP contribution in [0.2, 0.25) is 0 Å². The molecule has 19 heavy (non-hydrogen) atoms. The van der Waals surface area contributed by atoms with Crippen LogP contribution in [0.4, 0.5) is 0 Å². The zero-order valence-corrected chi connectivity index (χ0v) is 13.8. The van der Waals surface area contributed by atoms with Gasteiger partial charge in [-0.3, -0.25) is 9.11 Å². The van der Waals surface area contributed by atoms with Gasteiger partial charge in [-0.1, -0.05) is 27.7 Å². The zero-order chi connectivity index (χ0) is 14.0. The van der Waals surface area contributed by atoms with Crippen LogP contribution in [0.1, 0.15) is 47.0 Å². The Hall–Kier alpha value is 0.0700. The van der Waals surface area contributed by atoms with Crippen LogP contribution in [0, 0.1) is 5.41 Å². The van der Waals surface area contributed by atoms with Crippen LogP contribution in [0.3, 0.4) is 0 Å². The van der Waals surface area contributed by atoms with Crippen LogP contribution < -0.4 is 5.32 Å². The second-order valence-corrected chi connectivity index (χ2v) is 8.86. The van der Waals surface area contributed by atoms with E-state index in [-0.39, 0.29) is 0 Å². The Kier molecular flexibility index (Phi) is 5.07. The summed E-state index contributed by atoms with van der Waals surface area (Å²) in [6, 6.07) is 1.90. The van der Waals surface area contributed by atoms with Gasteiger partial charge in [0, 0.05) is 53.5 Å². The van der Waals surface area contributed by atoms with Gasteiger partial charge in [0.05, 0.1) is 0 Å². The minimum atomic E-state index is -0.547. The molecule has 0 spiro atoms. The lowest BCUT2D eigenvalue weighted by Crippen LogP contribution is -2.63. The maximum atomic E-state index is 11.5. The van der Waals surface area contributed by atoms with E-state index < -0.39 is 10.8 Å². The summed E-state index contributed by atoms with van der Waals surface area (Å²) in [6.45, 7) is 11.5. The summed E-state index contributed by atoms with van der Waals surface area (Å²) in [5.74, 6) is 1.82. The second-order valence-electron chi connectivity index (χ2n) is 7.16. The third-order valence-electron chi connectivity index (χ3n) is 4.81. The molecule has 2 rings (SSSR count). The Morgan fingerprint density at radius 1 is 1.26 bits per heavy atom. The molecule has 0 radical (unpaired) electrons. The second kappa shape index (κ2) is 6.23. The molecule has 2 aliphatic rings. The lowest BCUT2D eigenvalue weighted by atomic mass is 9.83. The number of nitrogens with zero attached hydrogens (tertiary/aromatic N) is 1. The molecule has 0 amide bonds. The van der Waals surface area contributed by atoms with Crippen molar-refractivity contribution in [3.63, 3.8) is 0 Å². The smallest absolute Gasteiger partial charge is 0.0249 e. The normalized spacial score (nSPS) is 38.3. The van der Waals surface area contributed by atoms with Crippen molar-refractivity contribution in [3.05, 3.63) is 0 Å². The minimum absolute atomic E-state index is 0.314. The maximum Gasteiger partial charge on any atom is 0.0249 e. The summed E-state index contributed by atoms with van der Waals surface area (Å²) in [4.78, 5) is 2.72. The number of piperazine rings is 1. The van der Waals surface area contributed by atoms with Gasteiger partial charge in [0.2, 0.25) is 0 Å². The standard InChI is InChI=1S/C15H30N2OS/c1-5-12-10-16-14(15(2,3)4)11-17(12)13-6-8-19(18)9-7-13/h12-14,16H,5-11H2,1-4H3. The molecule has 3 nitrogen and oxygen atoms in total. The van der Waals surface area contributed by atoms with Crippen LogP contribution in [0.15, 0.2) is 0 Å². The van der Waals surface area contributed by atoms with Gasteiger partial charge in [-0.25, -0.2) is 0 Å². The predicted octanol–water partition coefficient (Wildman–Crippen LogP) is 2.00. The first kappa shape index (κ1) is 15.5. The molecule has 0 aromatic rings. The van der Waals surface area contributed by atoms with E-state index >= 15 is 0 Å². The van der Waals surface area contributed by atoms with E-state index in [1.807, 2.05) is 0 Å².